The van der Waals surface area contributed by atoms with Gasteiger partial charge in [-0.15, -0.1) is 0 Å². The third-order valence-corrected chi connectivity index (χ3v) is 3.32. The van der Waals surface area contributed by atoms with Crippen LogP contribution in [0.2, 0.25) is 0 Å². The predicted octanol–water partition coefficient (Wildman–Crippen LogP) is 4.10. The van der Waals surface area contributed by atoms with Crippen molar-refractivity contribution in [3.05, 3.63) is 0 Å². The molecule has 0 saturated heterocycles. The SMILES string of the molecule is CCCC(C)CC1CC1C(C)C. The zero-order valence-electron chi connectivity index (χ0n) is 9.14. The fourth-order valence-corrected chi connectivity index (χ4v) is 2.49. The number of hydrogen-bond acceptors (Lipinski definition) is 0. The molecule has 72 valence electrons. The Kier molecular flexibility index (Phi) is 3.61. The maximum absolute atomic E-state index is 2.42. The van der Waals surface area contributed by atoms with E-state index in [2.05, 4.69) is 27.7 Å². The second-order valence-corrected chi connectivity index (χ2v) is 5.03. The van der Waals surface area contributed by atoms with Crippen molar-refractivity contribution in [3.8, 4) is 0 Å². The monoisotopic (exact) mass is 168 g/mol. The van der Waals surface area contributed by atoms with Crippen LogP contribution in [0.25, 0.3) is 0 Å². The van der Waals surface area contributed by atoms with Gasteiger partial charge in [0, 0.05) is 0 Å². The topological polar surface area (TPSA) is 0 Å². The summed E-state index contributed by atoms with van der Waals surface area (Å²) in [7, 11) is 0. The van der Waals surface area contributed by atoms with Crippen molar-refractivity contribution in [1.82, 2.24) is 0 Å². The summed E-state index contributed by atoms with van der Waals surface area (Å²) in [6.45, 7) is 9.45. The molecule has 0 aromatic rings. The van der Waals surface area contributed by atoms with Gasteiger partial charge in [0.25, 0.3) is 0 Å². The normalized spacial score (nSPS) is 30.8. The Morgan fingerprint density at radius 3 is 2.33 bits per heavy atom. The van der Waals surface area contributed by atoms with Gasteiger partial charge in [-0.05, 0) is 36.5 Å². The highest BCUT2D eigenvalue weighted by Crippen LogP contribution is 2.48. The molecule has 0 nitrogen and oxygen atoms in total. The lowest BCUT2D eigenvalue weighted by atomic mass is 9.96. The molecule has 0 aliphatic heterocycles. The smallest absolute Gasteiger partial charge is 0.0360 e. The van der Waals surface area contributed by atoms with Gasteiger partial charge in [0.15, 0.2) is 0 Å². The molecule has 0 N–H and O–H groups in total. The van der Waals surface area contributed by atoms with E-state index in [0.717, 1.165) is 23.7 Å². The van der Waals surface area contributed by atoms with Crippen LogP contribution in [-0.2, 0) is 0 Å². The molecule has 0 aromatic carbocycles. The fraction of sp³-hybridized carbons (Fsp3) is 1.00. The number of rotatable bonds is 5. The molecule has 1 saturated carbocycles. The van der Waals surface area contributed by atoms with Gasteiger partial charge in [0.1, 0.15) is 0 Å². The minimum Gasteiger partial charge on any atom is -0.0654 e. The maximum Gasteiger partial charge on any atom is -0.0360 e. The minimum atomic E-state index is 0.934. The van der Waals surface area contributed by atoms with Crippen LogP contribution in [0.4, 0.5) is 0 Å². The van der Waals surface area contributed by atoms with Crippen molar-refractivity contribution in [2.45, 2.75) is 53.4 Å². The van der Waals surface area contributed by atoms with Crippen molar-refractivity contribution < 1.29 is 0 Å². The average molecular weight is 168 g/mol. The zero-order valence-corrected chi connectivity index (χ0v) is 9.14. The highest BCUT2D eigenvalue weighted by atomic mass is 14.4. The van der Waals surface area contributed by atoms with Crippen LogP contribution in [-0.4, -0.2) is 0 Å². The van der Waals surface area contributed by atoms with Gasteiger partial charge < -0.3 is 0 Å². The Morgan fingerprint density at radius 2 is 1.92 bits per heavy atom. The molecule has 0 heteroatoms. The summed E-state index contributed by atoms with van der Waals surface area (Å²) in [6, 6.07) is 0. The van der Waals surface area contributed by atoms with E-state index in [1.54, 1.807) is 0 Å². The molecular formula is C12H24. The van der Waals surface area contributed by atoms with Gasteiger partial charge in [-0.2, -0.15) is 0 Å². The Hall–Kier alpha value is 0. The molecular weight excluding hydrogens is 144 g/mol. The lowest BCUT2D eigenvalue weighted by Crippen LogP contribution is -1.99. The van der Waals surface area contributed by atoms with E-state index in [1.807, 2.05) is 0 Å². The fourth-order valence-electron chi connectivity index (χ4n) is 2.49. The highest BCUT2D eigenvalue weighted by Gasteiger charge is 2.39. The van der Waals surface area contributed by atoms with Gasteiger partial charge in [0.05, 0.1) is 0 Å². The standard InChI is InChI=1S/C12H24/c1-5-6-10(4)7-11-8-12(11)9(2)3/h9-12H,5-8H2,1-4H3. The van der Waals surface area contributed by atoms with Crippen LogP contribution in [0.5, 0.6) is 0 Å². The summed E-state index contributed by atoms with van der Waals surface area (Å²) < 4.78 is 0. The zero-order chi connectivity index (χ0) is 9.14. The van der Waals surface area contributed by atoms with E-state index < -0.39 is 0 Å². The van der Waals surface area contributed by atoms with Gasteiger partial charge in [-0.1, -0.05) is 40.5 Å². The minimum absolute atomic E-state index is 0.934. The third kappa shape index (κ3) is 2.80. The van der Waals surface area contributed by atoms with Crippen LogP contribution >= 0.6 is 0 Å². The first-order valence-corrected chi connectivity index (χ1v) is 5.65. The molecule has 1 fully saturated rings. The van der Waals surface area contributed by atoms with Crippen LogP contribution in [0.3, 0.4) is 0 Å². The second kappa shape index (κ2) is 4.30. The Bertz CT molecular complexity index is 126. The summed E-state index contributed by atoms with van der Waals surface area (Å²) in [6.07, 6.45) is 5.81. The van der Waals surface area contributed by atoms with E-state index in [9.17, 15) is 0 Å². The first-order chi connectivity index (χ1) is 5.65. The van der Waals surface area contributed by atoms with E-state index in [-0.39, 0.29) is 0 Å². The average Bonchev–Trinajstić information content (AvgIpc) is 2.67. The van der Waals surface area contributed by atoms with Gasteiger partial charge >= 0.3 is 0 Å². The van der Waals surface area contributed by atoms with E-state index in [0.29, 0.717) is 0 Å². The maximum atomic E-state index is 2.42. The second-order valence-electron chi connectivity index (χ2n) is 5.03. The molecule has 0 bridgehead atoms. The van der Waals surface area contributed by atoms with E-state index in [4.69, 9.17) is 0 Å². The Morgan fingerprint density at radius 1 is 1.25 bits per heavy atom. The van der Waals surface area contributed by atoms with Crippen LogP contribution < -0.4 is 0 Å². The molecule has 3 unspecified atom stereocenters. The lowest BCUT2D eigenvalue weighted by molar-refractivity contribution is 0.416. The first kappa shape index (κ1) is 10.1. The van der Waals surface area contributed by atoms with Crippen molar-refractivity contribution in [2.24, 2.45) is 23.7 Å². The Balaban J connectivity index is 2.10. The lowest BCUT2D eigenvalue weighted by Gasteiger charge is -2.09. The van der Waals surface area contributed by atoms with Crippen molar-refractivity contribution in [1.29, 1.82) is 0 Å². The molecule has 1 rings (SSSR count). The molecule has 0 aromatic heterocycles. The van der Waals surface area contributed by atoms with Crippen molar-refractivity contribution in [3.63, 3.8) is 0 Å². The molecule has 3 atom stereocenters. The van der Waals surface area contributed by atoms with Crippen LogP contribution in [0.15, 0.2) is 0 Å². The summed E-state index contributed by atoms with van der Waals surface area (Å²) in [5.74, 6) is 4.07. The Labute approximate surface area is 77.7 Å². The summed E-state index contributed by atoms with van der Waals surface area (Å²) >= 11 is 0. The first-order valence-electron chi connectivity index (χ1n) is 5.65. The molecule has 12 heavy (non-hydrogen) atoms. The summed E-state index contributed by atoms with van der Waals surface area (Å²) in [5, 5.41) is 0. The van der Waals surface area contributed by atoms with Crippen LogP contribution in [0, 0.1) is 23.7 Å². The van der Waals surface area contributed by atoms with Crippen molar-refractivity contribution >= 4 is 0 Å². The molecule has 1 aliphatic rings. The molecule has 0 heterocycles. The van der Waals surface area contributed by atoms with Gasteiger partial charge in [0.2, 0.25) is 0 Å². The highest BCUT2D eigenvalue weighted by molar-refractivity contribution is 4.88. The summed E-state index contributed by atoms with van der Waals surface area (Å²) in [5.41, 5.74) is 0. The van der Waals surface area contributed by atoms with E-state index in [1.165, 1.54) is 25.7 Å². The quantitative estimate of drug-likeness (QED) is 0.579. The molecule has 1 aliphatic carbocycles. The van der Waals surface area contributed by atoms with E-state index >= 15 is 0 Å². The van der Waals surface area contributed by atoms with Crippen molar-refractivity contribution in [2.75, 3.05) is 0 Å². The largest absolute Gasteiger partial charge is 0.0654 e. The summed E-state index contributed by atoms with van der Waals surface area (Å²) in [4.78, 5) is 0. The van der Waals surface area contributed by atoms with Crippen LogP contribution in [0.1, 0.15) is 53.4 Å². The van der Waals surface area contributed by atoms with Gasteiger partial charge in [-0.3, -0.25) is 0 Å². The van der Waals surface area contributed by atoms with Gasteiger partial charge in [-0.25, -0.2) is 0 Å². The molecule has 0 amide bonds. The predicted molar refractivity (Wildman–Crippen MR) is 55.1 cm³/mol. The molecule has 0 radical (unpaired) electrons. The number of hydrogen-bond donors (Lipinski definition) is 0. The molecule has 0 spiro atoms. The third-order valence-electron chi connectivity index (χ3n) is 3.32.